The number of nitrogens with zero attached hydrogens (tertiary/aromatic N) is 1. The molecule has 1 aliphatic rings. The summed E-state index contributed by atoms with van der Waals surface area (Å²) < 4.78 is 12.4. The summed E-state index contributed by atoms with van der Waals surface area (Å²) in [5.41, 5.74) is 3.96. The summed E-state index contributed by atoms with van der Waals surface area (Å²) in [6.45, 7) is 3.79. The Morgan fingerprint density at radius 1 is 1.22 bits per heavy atom. The number of amides is 1. The van der Waals surface area contributed by atoms with E-state index in [4.69, 9.17) is 9.47 Å². The maximum atomic E-state index is 11.9. The SMILES string of the molecule is COc1ccc(NC(=O)COC(=O)/C=C/c2cc(C)n(C3CC3)c2C)cc1. The minimum atomic E-state index is -0.545. The van der Waals surface area contributed by atoms with Gasteiger partial charge in [-0.1, -0.05) is 0 Å². The topological polar surface area (TPSA) is 69.6 Å². The van der Waals surface area contributed by atoms with Crippen LogP contribution in [0, 0.1) is 13.8 Å². The molecule has 1 saturated carbocycles. The molecule has 6 heteroatoms. The van der Waals surface area contributed by atoms with Gasteiger partial charge in [-0.15, -0.1) is 0 Å². The molecule has 0 spiro atoms. The van der Waals surface area contributed by atoms with Crippen LogP contribution < -0.4 is 10.1 Å². The predicted octanol–water partition coefficient (Wildman–Crippen LogP) is 3.64. The number of rotatable bonds is 7. The molecule has 1 fully saturated rings. The summed E-state index contributed by atoms with van der Waals surface area (Å²) >= 11 is 0. The first-order valence-corrected chi connectivity index (χ1v) is 8.95. The van der Waals surface area contributed by atoms with Crippen molar-refractivity contribution in [3.63, 3.8) is 0 Å². The van der Waals surface area contributed by atoms with Crippen LogP contribution >= 0.6 is 0 Å². The molecule has 0 radical (unpaired) electrons. The highest BCUT2D eigenvalue weighted by Gasteiger charge is 2.26. The van der Waals surface area contributed by atoms with Crippen molar-refractivity contribution in [3.05, 3.63) is 53.4 Å². The smallest absolute Gasteiger partial charge is 0.331 e. The molecule has 0 unspecified atom stereocenters. The van der Waals surface area contributed by atoms with Gasteiger partial charge in [-0.25, -0.2) is 4.79 Å². The van der Waals surface area contributed by atoms with Crippen molar-refractivity contribution in [2.24, 2.45) is 0 Å². The molecule has 3 rings (SSSR count). The predicted molar refractivity (Wildman–Crippen MR) is 104 cm³/mol. The number of carbonyl (C=O) groups is 2. The van der Waals surface area contributed by atoms with E-state index < -0.39 is 11.9 Å². The lowest BCUT2D eigenvalue weighted by molar-refractivity contribution is -0.142. The van der Waals surface area contributed by atoms with E-state index in [1.54, 1.807) is 37.5 Å². The number of anilines is 1. The van der Waals surface area contributed by atoms with Crippen LogP contribution in [0.1, 0.15) is 35.8 Å². The first-order valence-electron chi connectivity index (χ1n) is 8.95. The molecule has 0 saturated heterocycles. The first kappa shape index (κ1) is 18.8. The third kappa shape index (κ3) is 4.78. The molecular formula is C21H24N2O4. The molecule has 1 aromatic heterocycles. The van der Waals surface area contributed by atoms with Gasteiger partial charge in [0.15, 0.2) is 6.61 Å². The molecule has 1 aromatic carbocycles. The van der Waals surface area contributed by atoms with Crippen LogP contribution in [-0.2, 0) is 14.3 Å². The van der Waals surface area contributed by atoms with Crippen LogP contribution in [0.4, 0.5) is 5.69 Å². The number of nitrogens with one attached hydrogen (secondary N) is 1. The van der Waals surface area contributed by atoms with Crippen molar-refractivity contribution >= 4 is 23.6 Å². The van der Waals surface area contributed by atoms with Crippen LogP contribution in [-0.4, -0.2) is 30.2 Å². The highest BCUT2D eigenvalue weighted by atomic mass is 16.5. The first-order chi connectivity index (χ1) is 13.0. The lowest BCUT2D eigenvalue weighted by Gasteiger charge is -2.07. The van der Waals surface area contributed by atoms with Crippen LogP contribution in [0.5, 0.6) is 5.75 Å². The van der Waals surface area contributed by atoms with Gasteiger partial charge in [0, 0.05) is 29.2 Å². The second kappa shape index (κ2) is 8.12. The van der Waals surface area contributed by atoms with E-state index >= 15 is 0 Å². The molecule has 6 nitrogen and oxygen atoms in total. The minimum Gasteiger partial charge on any atom is -0.497 e. The largest absolute Gasteiger partial charge is 0.497 e. The second-order valence-corrected chi connectivity index (χ2v) is 6.65. The van der Waals surface area contributed by atoms with E-state index in [1.807, 2.05) is 0 Å². The molecule has 0 bridgehead atoms. The van der Waals surface area contributed by atoms with Gasteiger partial charge in [0.25, 0.3) is 5.91 Å². The molecule has 0 aliphatic heterocycles. The molecule has 1 N–H and O–H groups in total. The number of benzene rings is 1. The van der Waals surface area contributed by atoms with Gasteiger partial charge in [0.05, 0.1) is 7.11 Å². The standard InChI is InChI=1S/C21H24N2O4/c1-14-12-16(15(2)23(14)18-7-8-18)4-11-21(25)27-13-20(24)22-17-5-9-19(26-3)10-6-17/h4-6,9-12,18H,7-8,13H2,1-3H3,(H,22,24)/b11-4+. The highest BCUT2D eigenvalue weighted by molar-refractivity contribution is 5.94. The maximum absolute atomic E-state index is 11.9. The normalized spacial score (nSPS) is 13.6. The number of carbonyl (C=O) groups excluding carboxylic acids is 2. The number of methoxy groups -OCH3 is 1. The Bertz CT molecular complexity index is 861. The lowest BCUT2D eigenvalue weighted by atomic mass is 10.2. The Labute approximate surface area is 158 Å². The van der Waals surface area contributed by atoms with E-state index in [-0.39, 0.29) is 6.61 Å². The van der Waals surface area contributed by atoms with Crippen LogP contribution in [0.2, 0.25) is 0 Å². The summed E-state index contributed by atoms with van der Waals surface area (Å²) in [4.78, 5) is 23.8. The Kier molecular flexibility index (Phi) is 5.64. The van der Waals surface area contributed by atoms with Crippen LogP contribution in [0.3, 0.4) is 0 Å². The van der Waals surface area contributed by atoms with E-state index in [1.165, 1.54) is 24.6 Å². The third-order valence-corrected chi connectivity index (χ3v) is 4.55. The van der Waals surface area contributed by atoms with Crippen LogP contribution in [0.25, 0.3) is 6.08 Å². The summed E-state index contributed by atoms with van der Waals surface area (Å²) in [6, 6.07) is 9.57. The maximum Gasteiger partial charge on any atom is 0.331 e. The third-order valence-electron chi connectivity index (χ3n) is 4.55. The van der Waals surface area contributed by atoms with Crippen molar-refractivity contribution in [1.82, 2.24) is 4.57 Å². The molecular weight excluding hydrogens is 344 g/mol. The number of ether oxygens (including phenoxy) is 2. The minimum absolute atomic E-state index is 0.337. The zero-order valence-corrected chi connectivity index (χ0v) is 15.8. The van der Waals surface area contributed by atoms with Gasteiger partial charge < -0.3 is 19.4 Å². The average Bonchev–Trinajstić information content (AvgIpc) is 3.44. The fourth-order valence-corrected chi connectivity index (χ4v) is 3.08. The molecule has 1 aliphatic carbocycles. The fourth-order valence-electron chi connectivity index (χ4n) is 3.08. The van der Waals surface area contributed by atoms with Gasteiger partial charge >= 0.3 is 5.97 Å². The number of aromatic nitrogens is 1. The molecule has 2 aromatic rings. The van der Waals surface area contributed by atoms with Gasteiger partial charge in [-0.05, 0) is 68.7 Å². The Morgan fingerprint density at radius 2 is 1.93 bits per heavy atom. The van der Waals surface area contributed by atoms with E-state index in [9.17, 15) is 9.59 Å². The molecule has 27 heavy (non-hydrogen) atoms. The van der Waals surface area contributed by atoms with Crippen LogP contribution in [0.15, 0.2) is 36.4 Å². The molecule has 1 amide bonds. The van der Waals surface area contributed by atoms with Gasteiger partial charge in [-0.2, -0.15) is 0 Å². The highest BCUT2D eigenvalue weighted by Crippen LogP contribution is 2.38. The van der Waals surface area contributed by atoms with Crippen molar-refractivity contribution < 1.29 is 19.1 Å². The zero-order chi connectivity index (χ0) is 19.4. The zero-order valence-electron chi connectivity index (χ0n) is 15.8. The van der Waals surface area contributed by atoms with Gasteiger partial charge in [0.2, 0.25) is 0 Å². The van der Waals surface area contributed by atoms with Crippen molar-refractivity contribution in [2.45, 2.75) is 32.7 Å². The van der Waals surface area contributed by atoms with Crippen molar-refractivity contribution in [1.29, 1.82) is 0 Å². The Morgan fingerprint density at radius 3 is 2.56 bits per heavy atom. The average molecular weight is 368 g/mol. The monoisotopic (exact) mass is 368 g/mol. The van der Waals surface area contributed by atoms with E-state index in [2.05, 4.69) is 29.8 Å². The summed E-state index contributed by atoms with van der Waals surface area (Å²) in [6.07, 6.45) is 5.53. The number of hydrogen-bond donors (Lipinski definition) is 1. The summed E-state index contributed by atoms with van der Waals surface area (Å²) in [5.74, 6) is -0.240. The van der Waals surface area contributed by atoms with E-state index in [0.717, 1.165) is 11.3 Å². The molecule has 142 valence electrons. The van der Waals surface area contributed by atoms with Gasteiger partial charge in [-0.3, -0.25) is 4.79 Å². The molecule has 1 heterocycles. The Balaban J connectivity index is 1.49. The Hall–Kier alpha value is -3.02. The van der Waals surface area contributed by atoms with Crippen molar-refractivity contribution in [3.8, 4) is 5.75 Å². The van der Waals surface area contributed by atoms with Crippen molar-refractivity contribution in [2.75, 3.05) is 19.0 Å². The summed E-state index contributed by atoms with van der Waals surface area (Å²) in [7, 11) is 1.57. The fraction of sp³-hybridized carbons (Fsp3) is 0.333. The lowest BCUT2D eigenvalue weighted by Crippen LogP contribution is -2.20. The van der Waals surface area contributed by atoms with Gasteiger partial charge in [0.1, 0.15) is 5.75 Å². The summed E-state index contributed by atoms with van der Waals surface area (Å²) in [5, 5.41) is 2.66. The second-order valence-electron chi connectivity index (χ2n) is 6.65. The molecule has 0 atom stereocenters. The number of hydrogen-bond acceptors (Lipinski definition) is 4. The van der Waals surface area contributed by atoms with E-state index in [0.29, 0.717) is 17.5 Å². The quantitative estimate of drug-likeness (QED) is 0.598. The number of esters is 1. The number of aryl methyl sites for hydroxylation is 1.